The Morgan fingerprint density at radius 1 is 0.769 bits per heavy atom. The fourth-order valence-electron chi connectivity index (χ4n) is 3.79. The predicted molar refractivity (Wildman–Crippen MR) is 114 cm³/mol. The molecule has 4 aromatic rings. The summed E-state index contributed by atoms with van der Waals surface area (Å²) in [7, 11) is 0. The van der Waals surface area contributed by atoms with Gasteiger partial charge in [0.2, 0.25) is 0 Å². The Bertz CT molecular complexity index is 1110. The number of aromatic nitrogens is 1. The van der Waals surface area contributed by atoms with Crippen molar-refractivity contribution < 1.29 is 0 Å². The molecule has 0 atom stereocenters. The van der Waals surface area contributed by atoms with Crippen LogP contribution in [0.25, 0.3) is 31.8 Å². The molecule has 2 heteroatoms. The highest BCUT2D eigenvalue weighted by molar-refractivity contribution is 7.23. The average molecular weight is 358 g/mol. The van der Waals surface area contributed by atoms with Gasteiger partial charge in [0.05, 0.1) is 10.4 Å². The summed E-state index contributed by atoms with van der Waals surface area (Å²) < 4.78 is 1.28. The van der Waals surface area contributed by atoms with E-state index in [9.17, 15) is 0 Å². The molecule has 0 fully saturated rings. The van der Waals surface area contributed by atoms with Crippen molar-refractivity contribution >= 4 is 21.4 Å². The molecule has 2 heterocycles. The molecule has 0 spiro atoms. The maximum atomic E-state index is 4.75. The van der Waals surface area contributed by atoms with E-state index in [0.717, 1.165) is 5.69 Å². The topological polar surface area (TPSA) is 12.9 Å². The maximum Gasteiger partial charge on any atom is 0.0880 e. The Morgan fingerprint density at radius 3 is 2.19 bits per heavy atom. The summed E-state index contributed by atoms with van der Waals surface area (Å²) in [5.74, 6) is 0. The molecule has 0 aliphatic heterocycles. The van der Waals surface area contributed by atoms with E-state index in [1.807, 2.05) is 17.5 Å². The highest BCUT2D eigenvalue weighted by Crippen LogP contribution is 2.42. The first-order valence-electron chi connectivity index (χ1n) is 8.98. The second-order valence-electron chi connectivity index (χ2n) is 7.29. The van der Waals surface area contributed by atoms with Crippen LogP contribution in [0.5, 0.6) is 0 Å². The van der Waals surface area contributed by atoms with Gasteiger partial charge in [-0.05, 0) is 74.9 Å². The number of fused-ring (bicyclic) bond motifs is 1. The molecule has 0 aliphatic carbocycles. The molecule has 0 bridgehead atoms. The highest BCUT2D eigenvalue weighted by atomic mass is 32.1. The Labute approximate surface area is 159 Å². The standard InChI is InChI=1S/C24H23NS/c1-14-6-7-20(17(4)11-14)23-18(5)21-8-9-25-22(24(21)26-23)19-12-15(2)10-16(3)13-19/h6-13H,1-5H3. The molecule has 0 N–H and O–H groups in total. The van der Waals surface area contributed by atoms with Crippen molar-refractivity contribution in [3.8, 4) is 21.7 Å². The Morgan fingerprint density at radius 2 is 1.50 bits per heavy atom. The Kier molecular flexibility index (Phi) is 4.16. The largest absolute Gasteiger partial charge is 0.255 e. The molecule has 2 aromatic carbocycles. The van der Waals surface area contributed by atoms with Crippen molar-refractivity contribution in [3.63, 3.8) is 0 Å². The van der Waals surface area contributed by atoms with Crippen LogP contribution in [0.1, 0.15) is 27.8 Å². The molecule has 0 radical (unpaired) electrons. The molecule has 1 nitrogen and oxygen atoms in total. The van der Waals surface area contributed by atoms with Gasteiger partial charge in [-0.25, -0.2) is 0 Å². The average Bonchev–Trinajstić information content (AvgIpc) is 2.91. The predicted octanol–water partition coefficient (Wildman–Crippen LogP) is 7.17. The van der Waals surface area contributed by atoms with Crippen LogP contribution in [0, 0.1) is 34.6 Å². The van der Waals surface area contributed by atoms with E-state index in [1.54, 1.807) is 0 Å². The number of rotatable bonds is 2. The number of benzene rings is 2. The van der Waals surface area contributed by atoms with E-state index in [1.165, 1.54) is 53.9 Å². The zero-order chi connectivity index (χ0) is 18.4. The van der Waals surface area contributed by atoms with Crippen LogP contribution in [-0.2, 0) is 0 Å². The first-order chi connectivity index (χ1) is 12.4. The highest BCUT2D eigenvalue weighted by Gasteiger charge is 2.16. The van der Waals surface area contributed by atoms with Crippen LogP contribution in [-0.4, -0.2) is 4.98 Å². The van der Waals surface area contributed by atoms with E-state index in [-0.39, 0.29) is 0 Å². The monoisotopic (exact) mass is 357 g/mol. The molecule has 130 valence electrons. The lowest BCUT2D eigenvalue weighted by Crippen LogP contribution is -1.86. The van der Waals surface area contributed by atoms with Crippen molar-refractivity contribution in [1.82, 2.24) is 4.98 Å². The number of pyridine rings is 1. The van der Waals surface area contributed by atoms with Crippen LogP contribution in [0.3, 0.4) is 0 Å². The summed E-state index contributed by atoms with van der Waals surface area (Å²) in [6, 6.07) is 15.6. The van der Waals surface area contributed by atoms with Gasteiger partial charge in [0, 0.05) is 16.6 Å². The van der Waals surface area contributed by atoms with Gasteiger partial charge in [0.25, 0.3) is 0 Å². The normalized spacial score (nSPS) is 11.3. The van der Waals surface area contributed by atoms with Gasteiger partial charge in [-0.15, -0.1) is 11.3 Å². The van der Waals surface area contributed by atoms with Gasteiger partial charge in [-0.2, -0.15) is 0 Å². The van der Waals surface area contributed by atoms with Gasteiger partial charge in [0.1, 0.15) is 0 Å². The summed E-state index contributed by atoms with van der Waals surface area (Å²) >= 11 is 1.87. The van der Waals surface area contributed by atoms with Crippen molar-refractivity contribution in [2.24, 2.45) is 0 Å². The summed E-state index contributed by atoms with van der Waals surface area (Å²) in [6.07, 6.45) is 1.95. The lowest BCUT2D eigenvalue weighted by atomic mass is 10.00. The molecule has 0 unspecified atom stereocenters. The summed E-state index contributed by atoms with van der Waals surface area (Å²) in [4.78, 5) is 6.11. The third-order valence-electron chi connectivity index (χ3n) is 4.97. The molecule has 2 aromatic heterocycles. The second-order valence-corrected chi connectivity index (χ2v) is 8.31. The summed E-state index contributed by atoms with van der Waals surface area (Å²) in [5.41, 5.74) is 10.2. The van der Waals surface area contributed by atoms with Gasteiger partial charge in [-0.3, -0.25) is 4.98 Å². The number of nitrogens with zero attached hydrogens (tertiary/aromatic N) is 1. The minimum atomic E-state index is 1.10. The molecule has 0 aliphatic rings. The number of thiophene rings is 1. The molecule has 0 amide bonds. The molecular weight excluding hydrogens is 334 g/mol. The molecule has 4 rings (SSSR count). The summed E-state index contributed by atoms with van der Waals surface area (Å²) in [6.45, 7) is 10.9. The number of aryl methyl sites for hydroxylation is 5. The molecule has 0 saturated carbocycles. The quantitative estimate of drug-likeness (QED) is 0.370. The lowest BCUT2D eigenvalue weighted by Gasteiger charge is -2.06. The van der Waals surface area contributed by atoms with E-state index in [4.69, 9.17) is 4.98 Å². The number of hydrogen-bond donors (Lipinski definition) is 0. The fourth-order valence-corrected chi connectivity index (χ4v) is 5.19. The zero-order valence-electron chi connectivity index (χ0n) is 16.0. The van der Waals surface area contributed by atoms with E-state index < -0.39 is 0 Å². The van der Waals surface area contributed by atoms with Crippen molar-refractivity contribution in [2.45, 2.75) is 34.6 Å². The minimum absolute atomic E-state index is 1.10. The first kappa shape index (κ1) is 17.0. The third-order valence-corrected chi connectivity index (χ3v) is 6.32. The van der Waals surface area contributed by atoms with E-state index in [0.29, 0.717) is 0 Å². The van der Waals surface area contributed by atoms with Crippen LogP contribution >= 0.6 is 11.3 Å². The fraction of sp³-hybridized carbons (Fsp3) is 0.208. The van der Waals surface area contributed by atoms with Crippen LogP contribution < -0.4 is 0 Å². The van der Waals surface area contributed by atoms with E-state index in [2.05, 4.69) is 77.1 Å². The van der Waals surface area contributed by atoms with Crippen molar-refractivity contribution in [2.75, 3.05) is 0 Å². The number of hydrogen-bond acceptors (Lipinski definition) is 2. The Balaban J connectivity index is 1.98. The minimum Gasteiger partial charge on any atom is -0.255 e. The molecular formula is C24H23NS. The zero-order valence-corrected chi connectivity index (χ0v) is 16.8. The Hall–Kier alpha value is -2.45. The first-order valence-corrected chi connectivity index (χ1v) is 9.80. The van der Waals surface area contributed by atoms with Gasteiger partial charge < -0.3 is 0 Å². The van der Waals surface area contributed by atoms with Crippen LogP contribution in [0.2, 0.25) is 0 Å². The van der Waals surface area contributed by atoms with Crippen LogP contribution in [0.15, 0.2) is 48.7 Å². The lowest BCUT2D eigenvalue weighted by molar-refractivity contribution is 1.33. The van der Waals surface area contributed by atoms with E-state index >= 15 is 0 Å². The molecule has 26 heavy (non-hydrogen) atoms. The third kappa shape index (κ3) is 2.85. The molecule has 0 saturated heterocycles. The van der Waals surface area contributed by atoms with Crippen molar-refractivity contribution in [3.05, 3.63) is 76.5 Å². The van der Waals surface area contributed by atoms with Gasteiger partial charge in [0.15, 0.2) is 0 Å². The smallest absolute Gasteiger partial charge is 0.0880 e. The SMILES string of the molecule is Cc1cc(C)cc(-c2nccc3c(C)c(-c4ccc(C)cc4C)sc23)c1. The van der Waals surface area contributed by atoms with Crippen molar-refractivity contribution in [1.29, 1.82) is 0 Å². The summed E-state index contributed by atoms with van der Waals surface area (Å²) in [5, 5.41) is 1.31. The van der Waals surface area contributed by atoms with Gasteiger partial charge in [-0.1, -0.05) is 41.0 Å². The van der Waals surface area contributed by atoms with Crippen LogP contribution in [0.4, 0.5) is 0 Å². The maximum absolute atomic E-state index is 4.75. The van der Waals surface area contributed by atoms with Gasteiger partial charge >= 0.3 is 0 Å². The second kappa shape index (κ2) is 6.37.